The number of aliphatic hydroxyl groups excluding tert-OH is 1. The van der Waals surface area contributed by atoms with Crippen molar-refractivity contribution in [3.8, 4) is 11.5 Å². The number of hydrogen-bond acceptors (Lipinski definition) is 4. The molecule has 0 aliphatic rings. The zero-order valence-electron chi connectivity index (χ0n) is 13.8. The number of nitrogens with one attached hydrogen (secondary N) is 1. The summed E-state index contributed by atoms with van der Waals surface area (Å²) >= 11 is 0. The maximum absolute atomic E-state index is 10.4. The van der Waals surface area contributed by atoms with Gasteiger partial charge in [-0.3, -0.25) is 0 Å². The molecule has 1 aromatic rings. The lowest BCUT2D eigenvalue weighted by Gasteiger charge is -2.24. The molecule has 0 radical (unpaired) electrons. The molecule has 4 nitrogen and oxygen atoms in total. The molecule has 0 saturated carbocycles. The van der Waals surface area contributed by atoms with Crippen molar-refractivity contribution in [2.45, 2.75) is 45.8 Å². The molecule has 1 rings (SSSR count). The van der Waals surface area contributed by atoms with Crippen molar-refractivity contribution in [2.24, 2.45) is 5.92 Å². The zero-order valence-corrected chi connectivity index (χ0v) is 13.8. The van der Waals surface area contributed by atoms with E-state index in [9.17, 15) is 5.11 Å². The fourth-order valence-electron chi connectivity index (χ4n) is 2.67. The summed E-state index contributed by atoms with van der Waals surface area (Å²) in [6.07, 6.45) is 1.67. The fourth-order valence-corrected chi connectivity index (χ4v) is 2.67. The number of rotatable bonds is 9. The Morgan fingerprint density at radius 2 is 1.81 bits per heavy atom. The van der Waals surface area contributed by atoms with Crippen LogP contribution >= 0.6 is 0 Å². The van der Waals surface area contributed by atoms with Gasteiger partial charge in [-0.05, 0) is 31.0 Å². The first-order valence-corrected chi connectivity index (χ1v) is 7.70. The van der Waals surface area contributed by atoms with Crippen molar-refractivity contribution < 1.29 is 14.6 Å². The monoisotopic (exact) mass is 295 g/mol. The third-order valence-electron chi connectivity index (χ3n) is 4.18. The van der Waals surface area contributed by atoms with Gasteiger partial charge >= 0.3 is 0 Å². The third-order valence-corrected chi connectivity index (χ3v) is 4.18. The van der Waals surface area contributed by atoms with E-state index in [1.807, 2.05) is 18.2 Å². The van der Waals surface area contributed by atoms with E-state index in [1.54, 1.807) is 14.2 Å². The number of hydrogen-bond donors (Lipinski definition) is 2. The second-order valence-corrected chi connectivity index (χ2v) is 5.40. The Hall–Kier alpha value is -1.26. The van der Waals surface area contributed by atoms with E-state index in [2.05, 4.69) is 26.1 Å². The Morgan fingerprint density at radius 1 is 1.14 bits per heavy atom. The number of ether oxygens (including phenoxy) is 2. The Morgan fingerprint density at radius 3 is 2.33 bits per heavy atom. The van der Waals surface area contributed by atoms with Crippen molar-refractivity contribution in [3.05, 3.63) is 23.8 Å². The van der Waals surface area contributed by atoms with Crippen molar-refractivity contribution in [2.75, 3.05) is 20.8 Å². The molecule has 0 aliphatic carbocycles. The summed E-state index contributed by atoms with van der Waals surface area (Å²) in [5.41, 5.74) is 0.751. The maximum Gasteiger partial charge on any atom is 0.124 e. The van der Waals surface area contributed by atoms with E-state index < -0.39 is 6.10 Å². The molecule has 21 heavy (non-hydrogen) atoms. The summed E-state index contributed by atoms with van der Waals surface area (Å²) in [5.74, 6) is 2.03. The molecule has 0 aromatic heterocycles. The van der Waals surface area contributed by atoms with Crippen LogP contribution in [0.5, 0.6) is 11.5 Å². The lowest BCUT2D eigenvalue weighted by Crippen LogP contribution is -2.36. The van der Waals surface area contributed by atoms with Crippen LogP contribution in [0.2, 0.25) is 0 Å². The van der Waals surface area contributed by atoms with Gasteiger partial charge in [-0.25, -0.2) is 0 Å². The van der Waals surface area contributed by atoms with Crippen LogP contribution in [0.4, 0.5) is 0 Å². The minimum atomic E-state index is -0.619. The van der Waals surface area contributed by atoms with Gasteiger partial charge in [0.15, 0.2) is 0 Å². The van der Waals surface area contributed by atoms with Gasteiger partial charge in [0.2, 0.25) is 0 Å². The molecule has 0 saturated heterocycles. The van der Waals surface area contributed by atoms with Gasteiger partial charge in [0.05, 0.1) is 20.3 Å². The highest BCUT2D eigenvalue weighted by Gasteiger charge is 2.18. The Balaban J connectivity index is 2.72. The minimum absolute atomic E-state index is 0.381. The second kappa shape index (κ2) is 8.90. The van der Waals surface area contributed by atoms with Gasteiger partial charge < -0.3 is 19.9 Å². The van der Waals surface area contributed by atoms with Crippen molar-refractivity contribution >= 4 is 0 Å². The molecule has 1 aromatic carbocycles. The van der Waals surface area contributed by atoms with Crippen LogP contribution in [-0.4, -0.2) is 31.9 Å². The normalized spacial score (nSPS) is 14.0. The van der Waals surface area contributed by atoms with E-state index in [0.717, 1.165) is 24.2 Å². The molecule has 0 heterocycles. The van der Waals surface area contributed by atoms with E-state index in [-0.39, 0.29) is 0 Å². The number of aliphatic hydroxyl groups is 1. The Kier molecular flexibility index (Phi) is 7.54. The maximum atomic E-state index is 10.4. The predicted octanol–water partition coefficient (Wildman–Crippen LogP) is 3.15. The van der Waals surface area contributed by atoms with E-state index >= 15 is 0 Å². The molecular formula is C17H29NO3. The van der Waals surface area contributed by atoms with Gasteiger partial charge in [-0.2, -0.15) is 0 Å². The smallest absolute Gasteiger partial charge is 0.124 e. The van der Waals surface area contributed by atoms with Crippen LogP contribution in [0.3, 0.4) is 0 Å². The summed E-state index contributed by atoms with van der Waals surface area (Å²) in [5, 5.41) is 13.9. The second-order valence-electron chi connectivity index (χ2n) is 5.40. The summed E-state index contributed by atoms with van der Waals surface area (Å²) in [6.45, 7) is 7.08. The first kappa shape index (κ1) is 17.8. The van der Waals surface area contributed by atoms with Crippen LogP contribution in [0.15, 0.2) is 18.2 Å². The summed E-state index contributed by atoms with van der Waals surface area (Å²) in [7, 11) is 3.23. The first-order valence-electron chi connectivity index (χ1n) is 7.70. The average Bonchev–Trinajstić information content (AvgIpc) is 2.52. The summed E-state index contributed by atoms with van der Waals surface area (Å²) < 4.78 is 10.5. The van der Waals surface area contributed by atoms with Crippen LogP contribution in [0.1, 0.15) is 45.3 Å². The van der Waals surface area contributed by atoms with Crippen molar-refractivity contribution in [3.63, 3.8) is 0 Å². The number of benzene rings is 1. The van der Waals surface area contributed by atoms with Crippen LogP contribution in [0, 0.1) is 5.92 Å². The largest absolute Gasteiger partial charge is 0.497 e. The van der Waals surface area contributed by atoms with Crippen LogP contribution in [0.25, 0.3) is 0 Å². The van der Waals surface area contributed by atoms with Crippen LogP contribution < -0.4 is 14.8 Å². The van der Waals surface area contributed by atoms with Crippen molar-refractivity contribution in [1.82, 2.24) is 5.32 Å². The van der Waals surface area contributed by atoms with Gasteiger partial charge in [0.1, 0.15) is 11.5 Å². The molecule has 0 bridgehead atoms. The lowest BCUT2D eigenvalue weighted by atomic mass is 9.95. The average molecular weight is 295 g/mol. The third kappa shape index (κ3) is 4.90. The molecule has 0 spiro atoms. The minimum Gasteiger partial charge on any atom is -0.497 e. The SMILES string of the molecule is CCC(CC)C(C)NCC(O)c1cc(OC)ccc1OC. The molecule has 2 N–H and O–H groups in total. The molecule has 0 aliphatic heterocycles. The standard InChI is InChI=1S/C17H29NO3/c1-6-13(7-2)12(3)18-11-16(19)15-10-14(20-4)8-9-17(15)21-5/h8-10,12-13,16,18-19H,6-7,11H2,1-5H3. The topological polar surface area (TPSA) is 50.7 Å². The predicted molar refractivity (Wildman–Crippen MR) is 86.0 cm³/mol. The zero-order chi connectivity index (χ0) is 15.8. The summed E-state index contributed by atoms with van der Waals surface area (Å²) in [4.78, 5) is 0. The molecular weight excluding hydrogens is 266 g/mol. The highest BCUT2D eigenvalue weighted by atomic mass is 16.5. The Bertz CT molecular complexity index is 418. The van der Waals surface area contributed by atoms with Crippen LogP contribution in [-0.2, 0) is 0 Å². The van der Waals surface area contributed by atoms with E-state index in [4.69, 9.17) is 9.47 Å². The molecule has 0 fully saturated rings. The quantitative estimate of drug-likeness (QED) is 0.735. The summed E-state index contributed by atoms with van der Waals surface area (Å²) in [6, 6.07) is 5.86. The molecule has 4 heteroatoms. The van der Waals surface area contributed by atoms with E-state index in [1.165, 1.54) is 0 Å². The molecule has 120 valence electrons. The Labute approximate surface area is 128 Å². The first-order chi connectivity index (χ1) is 10.1. The molecule has 0 amide bonds. The van der Waals surface area contributed by atoms with Gasteiger partial charge in [-0.1, -0.05) is 26.7 Å². The van der Waals surface area contributed by atoms with E-state index in [0.29, 0.717) is 24.3 Å². The van der Waals surface area contributed by atoms with Gasteiger partial charge in [0, 0.05) is 18.2 Å². The van der Waals surface area contributed by atoms with Crippen molar-refractivity contribution in [1.29, 1.82) is 0 Å². The highest BCUT2D eigenvalue weighted by Crippen LogP contribution is 2.29. The molecule has 2 atom stereocenters. The highest BCUT2D eigenvalue weighted by molar-refractivity contribution is 5.41. The molecule has 2 unspecified atom stereocenters. The van der Waals surface area contributed by atoms with Gasteiger partial charge in [-0.15, -0.1) is 0 Å². The fraction of sp³-hybridized carbons (Fsp3) is 0.647. The lowest BCUT2D eigenvalue weighted by molar-refractivity contribution is 0.160. The number of methoxy groups -OCH3 is 2. The van der Waals surface area contributed by atoms with Gasteiger partial charge in [0.25, 0.3) is 0 Å².